The topological polar surface area (TPSA) is 43.8 Å². The molecule has 0 atom stereocenters. The fourth-order valence-electron chi connectivity index (χ4n) is 2.20. The Morgan fingerprint density at radius 1 is 1.21 bits per heavy atom. The standard InChI is InChI=1S/C15H15N3S/c1-10-5-3-6-11(9-10)14-13(12-7-4-8-19-12)15(16)18(2)17-14/h3-9H,16H2,1-2H3. The first-order valence-corrected chi connectivity index (χ1v) is 6.98. The first kappa shape index (κ1) is 12.0. The molecule has 0 amide bonds. The lowest BCUT2D eigenvalue weighted by molar-refractivity contribution is 0.782. The van der Waals surface area contributed by atoms with Gasteiger partial charge in [0.25, 0.3) is 0 Å². The van der Waals surface area contributed by atoms with Crippen LogP contribution in [0, 0.1) is 6.92 Å². The van der Waals surface area contributed by atoms with Crippen molar-refractivity contribution >= 4 is 17.2 Å². The molecule has 0 saturated heterocycles. The van der Waals surface area contributed by atoms with Crippen molar-refractivity contribution in [3.05, 3.63) is 47.3 Å². The van der Waals surface area contributed by atoms with Crippen LogP contribution in [0.2, 0.25) is 0 Å². The van der Waals surface area contributed by atoms with Gasteiger partial charge < -0.3 is 5.73 Å². The third-order valence-corrected chi connectivity index (χ3v) is 4.04. The van der Waals surface area contributed by atoms with Crippen molar-refractivity contribution in [2.75, 3.05) is 5.73 Å². The van der Waals surface area contributed by atoms with E-state index in [1.54, 1.807) is 16.0 Å². The summed E-state index contributed by atoms with van der Waals surface area (Å²) in [7, 11) is 1.88. The van der Waals surface area contributed by atoms with Gasteiger partial charge in [-0.3, -0.25) is 4.68 Å². The number of rotatable bonds is 2. The number of hydrogen-bond acceptors (Lipinski definition) is 3. The van der Waals surface area contributed by atoms with E-state index in [4.69, 9.17) is 5.73 Å². The van der Waals surface area contributed by atoms with Crippen LogP contribution in [0.1, 0.15) is 5.56 Å². The zero-order chi connectivity index (χ0) is 13.4. The van der Waals surface area contributed by atoms with Gasteiger partial charge in [-0.15, -0.1) is 11.3 Å². The Hall–Kier alpha value is -2.07. The predicted molar refractivity (Wildman–Crippen MR) is 81.1 cm³/mol. The van der Waals surface area contributed by atoms with Crippen LogP contribution in [0.15, 0.2) is 41.8 Å². The van der Waals surface area contributed by atoms with Crippen LogP contribution in [0.5, 0.6) is 0 Å². The summed E-state index contributed by atoms with van der Waals surface area (Å²) in [6.07, 6.45) is 0. The molecule has 0 aliphatic carbocycles. The maximum Gasteiger partial charge on any atom is 0.130 e. The van der Waals surface area contributed by atoms with Gasteiger partial charge in [0.15, 0.2) is 0 Å². The molecule has 0 aliphatic rings. The number of anilines is 1. The Labute approximate surface area is 116 Å². The van der Waals surface area contributed by atoms with Gasteiger partial charge in [-0.05, 0) is 24.4 Å². The molecule has 4 heteroatoms. The molecule has 2 N–H and O–H groups in total. The highest BCUT2D eigenvalue weighted by Gasteiger charge is 2.17. The molecule has 3 aromatic rings. The van der Waals surface area contributed by atoms with Crippen LogP contribution in [0.25, 0.3) is 21.7 Å². The summed E-state index contributed by atoms with van der Waals surface area (Å²) in [6.45, 7) is 2.08. The van der Waals surface area contributed by atoms with Crippen molar-refractivity contribution in [1.82, 2.24) is 9.78 Å². The predicted octanol–water partition coefficient (Wildman–Crippen LogP) is 3.71. The van der Waals surface area contributed by atoms with E-state index < -0.39 is 0 Å². The van der Waals surface area contributed by atoms with Crippen LogP contribution in [-0.2, 0) is 7.05 Å². The van der Waals surface area contributed by atoms with E-state index in [2.05, 4.69) is 41.7 Å². The normalized spacial score (nSPS) is 10.8. The number of aryl methyl sites for hydroxylation is 2. The quantitative estimate of drug-likeness (QED) is 0.770. The van der Waals surface area contributed by atoms with Gasteiger partial charge in [0.2, 0.25) is 0 Å². The highest BCUT2D eigenvalue weighted by molar-refractivity contribution is 7.13. The van der Waals surface area contributed by atoms with Crippen LogP contribution in [-0.4, -0.2) is 9.78 Å². The second kappa shape index (κ2) is 4.55. The zero-order valence-corrected chi connectivity index (χ0v) is 11.7. The highest BCUT2D eigenvalue weighted by atomic mass is 32.1. The van der Waals surface area contributed by atoms with E-state index in [0.717, 1.165) is 21.7 Å². The van der Waals surface area contributed by atoms with E-state index in [1.807, 2.05) is 19.2 Å². The Balaban J connectivity index is 2.25. The van der Waals surface area contributed by atoms with E-state index in [9.17, 15) is 0 Å². The molecule has 0 aliphatic heterocycles. The molecule has 96 valence electrons. The van der Waals surface area contributed by atoms with Crippen LogP contribution < -0.4 is 5.73 Å². The molecule has 19 heavy (non-hydrogen) atoms. The van der Waals surface area contributed by atoms with Gasteiger partial charge in [0.1, 0.15) is 11.5 Å². The Kier molecular flexibility index (Phi) is 2.87. The van der Waals surface area contributed by atoms with Gasteiger partial charge in [-0.25, -0.2) is 0 Å². The number of nitrogens with zero attached hydrogens (tertiary/aromatic N) is 2. The summed E-state index contributed by atoms with van der Waals surface area (Å²) in [5.41, 5.74) is 10.5. The van der Waals surface area contributed by atoms with Crippen LogP contribution in [0.3, 0.4) is 0 Å². The van der Waals surface area contributed by atoms with E-state index >= 15 is 0 Å². The number of thiophene rings is 1. The molecule has 3 nitrogen and oxygen atoms in total. The van der Waals surface area contributed by atoms with Crippen LogP contribution >= 0.6 is 11.3 Å². The molecule has 0 radical (unpaired) electrons. The molecule has 0 spiro atoms. The summed E-state index contributed by atoms with van der Waals surface area (Å²) in [4.78, 5) is 1.15. The summed E-state index contributed by atoms with van der Waals surface area (Å²) < 4.78 is 1.74. The molecule has 1 aromatic carbocycles. The minimum Gasteiger partial charge on any atom is -0.383 e. The largest absolute Gasteiger partial charge is 0.383 e. The zero-order valence-electron chi connectivity index (χ0n) is 10.9. The fourth-order valence-corrected chi connectivity index (χ4v) is 2.98. The Bertz CT molecular complexity index is 711. The molecule has 0 fully saturated rings. The molecule has 0 unspecified atom stereocenters. The lowest BCUT2D eigenvalue weighted by Crippen LogP contribution is -1.97. The van der Waals surface area contributed by atoms with Gasteiger partial charge >= 0.3 is 0 Å². The van der Waals surface area contributed by atoms with Gasteiger partial charge in [-0.2, -0.15) is 5.10 Å². The third kappa shape index (κ3) is 2.04. The minimum absolute atomic E-state index is 0.707. The maximum absolute atomic E-state index is 6.18. The summed E-state index contributed by atoms with van der Waals surface area (Å²) in [5.74, 6) is 0.707. The second-order valence-electron chi connectivity index (χ2n) is 4.58. The molecular formula is C15H15N3S. The van der Waals surface area contributed by atoms with Gasteiger partial charge in [0.05, 0.1) is 5.56 Å². The molecule has 0 bridgehead atoms. The van der Waals surface area contributed by atoms with Crippen molar-refractivity contribution < 1.29 is 0 Å². The third-order valence-electron chi connectivity index (χ3n) is 3.15. The fraction of sp³-hybridized carbons (Fsp3) is 0.133. The molecule has 2 aromatic heterocycles. The highest BCUT2D eigenvalue weighted by Crippen LogP contribution is 2.38. The Morgan fingerprint density at radius 2 is 2.05 bits per heavy atom. The molecule has 3 rings (SSSR count). The van der Waals surface area contributed by atoms with Crippen molar-refractivity contribution in [2.24, 2.45) is 7.05 Å². The molecule has 0 saturated carbocycles. The maximum atomic E-state index is 6.18. The molecule has 2 heterocycles. The van der Waals surface area contributed by atoms with Crippen LogP contribution in [0.4, 0.5) is 5.82 Å². The lowest BCUT2D eigenvalue weighted by atomic mass is 10.0. The molecular weight excluding hydrogens is 254 g/mol. The van der Waals surface area contributed by atoms with E-state index in [0.29, 0.717) is 5.82 Å². The van der Waals surface area contributed by atoms with E-state index in [-0.39, 0.29) is 0 Å². The van der Waals surface area contributed by atoms with Crippen molar-refractivity contribution in [3.8, 4) is 21.7 Å². The average Bonchev–Trinajstić information content (AvgIpc) is 2.99. The number of hydrogen-bond donors (Lipinski definition) is 1. The van der Waals surface area contributed by atoms with Crippen molar-refractivity contribution in [1.29, 1.82) is 0 Å². The average molecular weight is 269 g/mol. The van der Waals surface area contributed by atoms with Gasteiger partial charge in [0, 0.05) is 17.5 Å². The number of nitrogen functional groups attached to an aromatic ring is 1. The first-order chi connectivity index (χ1) is 9.16. The number of benzene rings is 1. The van der Waals surface area contributed by atoms with Gasteiger partial charge in [-0.1, -0.05) is 29.8 Å². The van der Waals surface area contributed by atoms with E-state index in [1.165, 1.54) is 5.56 Å². The second-order valence-corrected chi connectivity index (χ2v) is 5.53. The summed E-state index contributed by atoms with van der Waals surface area (Å²) >= 11 is 1.68. The lowest BCUT2D eigenvalue weighted by Gasteiger charge is -2.02. The first-order valence-electron chi connectivity index (χ1n) is 6.10. The Morgan fingerprint density at radius 3 is 2.74 bits per heavy atom. The number of aromatic nitrogens is 2. The number of nitrogens with two attached hydrogens (primary N) is 1. The minimum atomic E-state index is 0.707. The monoisotopic (exact) mass is 269 g/mol. The summed E-state index contributed by atoms with van der Waals surface area (Å²) in [5, 5.41) is 6.63. The SMILES string of the molecule is Cc1cccc(-c2nn(C)c(N)c2-c2cccs2)c1. The smallest absolute Gasteiger partial charge is 0.130 e. The van der Waals surface area contributed by atoms with Crippen molar-refractivity contribution in [3.63, 3.8) is 0 Å². The van der Waals surface area contributed by atoms with Crippen molar-refractivity contribution in [2.45, 2.75) is 6.92 Å². The summed E-state index contributed by atoms with van der Waals surface area (Å²) in [6, 6.07) is 12.5.